The van der Waals surface area contributed by atoms with Gasteiger partial charge in [-0.3, -0.25) is 4.79 Å². The number of ether oxygens (including phenoxy) is 2. The summed E-state index contributed by atoms with van der Waals surface area (Å²) in [6, 6.07) is 23.4. The molecule has 0 N–H and O–H groups in total. The van der Waals surface area contributed by atoms with Crippen molar-refractivity contribution in [3.05, 3.63) is 95.2 Å². The largest absolute Gasteiger partial charge is 0.440 e. The van der Waals surface area contributed by atoms with Gasteiger partial charge >= 0.3 is 5.97 Å². The minimum absolute atomic E-state index is 0.122. The van der Waals surface area contributed by atoms with Crippen molar-refractivity contribution in [1.29, 1.82) is 5.26 Å². The van der Waals surface area contributed by atoms with E-state index in [9.17, 15) is 10.1 Å². The number of rotatable bonds is 7. The molecule has 7 heteroatoms. The Hall–Kier alpha value is -3.33. The molecule has 3 atom stereocenters. The zero-order valence-corrected chi connectivity index (χ0v) is 20.1. The van der Waals surface area contributed by atoms with Crippen LogP contribution in [-0.4, -0.2) is 11.0 Å². The maximum atomic E-state index is 13.0. The van der Waals surface area contributed by atoms with Gasteiger partial charge in [0.25, 0.3) is 0 Å². The van der Waals surface area contributed by atoms with Crippen molar-refractivity contribution in [2.24, 2.45) is 17.3 Å². The summed E-state index contributed by atoms with van der Waals surface area (Å²) in [6.45, 7) is 3.94. The molecule has 0 amide bonds. The monoisotopic (exact) mass is 492 g/mol. The molecule has 172 valence electrons. The van der Waals surface area contributed by atoms with Gasteiger partial charge in [0.05, 0.1) is 11.6 Å². The fraction of sp³-hybridized carbons (Fsp3) is 0.222. The van der Waals surface area contributed by atoms with E-state index >= 15 is 0 Å². The zero-order chi connectivity index (χ0) is 24.3. The molecule has 3 aromatic rings. The second-order valence-corrected chi connectivity index (χ2v) is 9.45. The van der Waals surface area contributed by atoms with Crippen LogP contribution < -0.4 is 4.74 Å². The fourth-order valence-corrected chi connectivity index (χ4v) is 4.27. The van der Waals surface area contributed by atoms with Gasteiger partial charge < -0.3 is 9.47 Å². The lowest BCUT2D eigenvalue weighted by molar-refractivity contribution is -0.149. The average molecular weight is 493 g/mol. The highest BCUT2D eigenvalue weighted by Crippen LogP contribution is 2.60. The maximum absolute atomic E-state index is 13.0. The van der Waals surface area contributed by atoms with E-state index in [-0.39, 0.29) is 11.3 Å². The molecular weight excluding hydrogens is 471 g/mol. The molecule has 1 aliphatic carbocycles. The minimum Gasteiger partial charge on any atom is -0.440 e. The number of para-hydroxylation sites is 1. The summed E-state index contributed by atoms with van der Waals surface area (Å²) in [5, 5.41) is 10.8. The summed E-state index contributed by atoms with van der Waals surface area (Å²) in [5.74, 6) is -0.0854. The molecule has 0 aliphatic heterocycles. The molecule has 1 aromatic heterocycles. The van der Waals surface area contributed by atoms with Crippen LogP contribution in [0.25, 0.3) is 5.03 Å². The van der Waals surface area contributed by atoms with Crippen molar-refractivity contribution in [1.82, 2.24) is 4.98 Å². The molecule has 34 heavy (non-hydrogen) atoms. The van der Waals surface area contributed by atoms with Gasteiger partial charge in [0.2, 0.25) is 12.0 Å². The van der Waals surface area contributed by atoms with Crippen molar-refractivity contribution in [3.63, 3.8) is 0 Å². The highest BCUT2D eigenvalue weighted by molar-refractivity contribution is 6.48. The Labute approximate surface area is 208 Å². The van der Waals surface area contributed by atoms with Gasteiger partial charge in [-0.1, -0.05) is 79.5 Å². The second-order valence-electron chi connectivity index (χ2n) is 8.61. The highest BCUT2D eigenvalue weighted by atomic mass is 35.5. The van der Waals surface area contributed by atoms with Crippen LogP contribution >= 0.6 is 23.2 Å². The number of esters is 1. The normalized spacial score (nSPS) is 19.6. The van der Waals surface area contributed by atoms with Gasteiger partial charge in [-0.15, -0.1) is 0 Å². The quantitative estimate of drug-likeness (QED) is 0.326. The van der Waals surface area contributed by atoms with Crippen molar-refractivity contribution in [2.45, 2.75) is 20.0 Å². The third-order valence-electron chi connectivity index (χ3n) is 5.94. The van der Waals surface area contributed by atoms with E-state index in [2.05, 4.69) is 4.98 Å². The number of halogens is 2. The number of pyridine rings is 1. The Morgan fingerprint density at radius 3 is 2.47 bits per heavy atom. The van der Waals surface area contributed by atoms with E-state index in [1.54, 1.807) is 42.5 Å². The second kappa shape index (κ2) is 9.89. The molecule has 1 heterocycles. The summed E-state index contributed by atoms with van der Waals surface area (Å²) in [6.07, 6.45) is 0.713. The SMILES string of the molecule is CC1(C)[C@H](C=C(Cl)c2ccc(Cl)cc2)[C@H]1C(=O)OC(C#N)c1cccc(Oc2ccccc2)n1. The summed E-state index contributed by atoms with van der Waals surface area (Å²) in [5.41, 5.74) is 0.763. The van der Waals surface area contributed by atoms with E-state index in [4.69, 9.17) is 32.7 Å². The summed E-state index contributed by atoms with van der Waals surface area (Å²) in [7, 11) is 0. The number of hydrogen-bond acceptors (Lipinski definition) is 5. The van der Waals surface area contributed by atoms with E-state index < -0.39 is 18.0 Å². The van der Waals surface area contributed by atoms with Crippen LogP contribution in [0.4, 0.5) is 0 Å². The van der Waals surface area contributed by atoms with Crippen LogP contribution in [0.3, 0.4) is 0 Å². The zero-order valence-electron chi connectivity index (χ0n) is 18.6. The molecule has 1 fully saturated rings. The smallest absolute Gasteiger partial charge is 0.311 e. The molecule has 0 saturated heterocycles. The number of carbonyl (C=O) groups is 1. The molecule has 5 nitrogen and oxygen atoms in total. The van der Waals surface area contributed by atoms with Crippen molar-refractivity contribution < 1.29 is 14.3 Å². The number of nitriles is 1. The van der Waals surface area contributed by atoms with Crippen molar-refractivity contribution in [3.8, 4) is 17.7 Å². The van der Waals surface area contributed by atoms with E-state index in [1.165, 1.54) is 0 Å². The summed E-state index contributed by atoms with van der Waals surface area (Å²) < 4.78 is 11.3. The number of allylic oxidation sites excluding steroid dienone is 1. The third kappa shape index (κ3) is 5.25. The van der Waals surface area contributed by atoms with Crippen LogP contribution in [0, 0.1) is 28.6 Å². The summed E-state index contributed by atoms with van der Waals surface area (Å²) in [4.78, 5) is 17.3. The van der Waals surface area contributed by atoms with Crippen LogP contribution in [-0.2, 0) is 9.53 Å². The molecule has 4 rings (SSSR count). The fourth-order valence-electron chi connectivity index (χ4n) is 3.89. The molecule has 2 aromatic carbocycles. The Balaban J connectivity index is 1.46. The average Bonchev–Trinajstić information content (AvgIpc) is 3.38. The predicted octanol–water partition coefficient (Wildman–Crippen LogP) is 7.19. The molecule has 0 bridgehead atoms. The standard InChI is InChI=1S/C27H22Cl2N2O3/c1-27(2)20(15-21(29)17-11-13-18(28)14-12-17)25(27)26(32)34-23(16-30)22-9-6-10-24(31-22)33-19-7-4-3-5-8-19/h3-15,20,23,25H,1-2H3/t20-,23?,25+/m1/s1. The third-order valence-corrected chi connectivity index (χ3v) is 6.54. The Morgan fingerprint density at radius 1 is 1.09 bits per heavy atom. The summed E-state index contributed by atoms with van der Waals surface area (Å²) >= 11 is 12.4. The van der Waals surface area contributed by atoms with Gasteiger partial charge in [-0.05, 0) is 47.2 Å². The number of carbonyl (C=O) groups excluding carboxylic acids is 1. The molecule has 1 aliphatic rings. The number of hydrogen-bond donors (Lipinski definition) is 0. The van der Waals surface area contributed by atoms with Crippen LogP contribution in [0.5, 0.6) is 11.6 Å². The lowest BCUT2D eigenvalue weighted by Gasteiger charge is -2.12. The van der Waals surface area contributed by atoms with Gasteiger partial charge in [-0.25, -0.2) is 4.98 Å². The van der Waals surface area contributed by atoms with Crippen LogP contribution in [0.1, 0.15) is 31.2 Å². The number of benzene rings is 2. The van der Waals surface area contributed by atoms with E-state index in [0.29, 0.717) is 27.4 Å². The molecule has 1 saturated carbocycles. The first kappa shape index (κ1) is 23.8. The van der Waals surface area contributed by atoms with Crippen molar-refractivity contribution in [2.75, 3.05) is 0 Å². The van der Waals surface area contributed by atoms with Gasteiger partial charge in [0.15, 0.2) is 0 Å². The van der Waals surface area contributed by atoms with E-state index in [0.717, 1.165) is 5.56 Å². The lowest BCUT2D eigenvalue weighted by atomic mass is 10.1. The Kier molecular flexibility index (Phi) is 6.92. The molecule has 0 radical (unpaired) electrons. The molecule has 1 unspecified atom stereocenters. The van der Waals surface area contributed by atoms with Gasteiger partial charge in [-0.2, -0.15) is 5.26 Å². The molecule has 0 spiro atoms. The van der Waals surface area contributed by atoms with Crippen molar-refractivity contribution >= 4 is 34.2 Å². The Morgan fingerprint density at radius 2 is 1.79 bits per heavy atom. The van der Waals surface area contributed by atoms with Gasteiger partial charge in [0.1, 0.15) is 11.8 Å². The van der Waals surface area contributed by atoms with Crippen LogP contribution in [0.2, 0.25) is 5.02 Å². The highest BCUT2D eigenvalue weighted by Gasteiger charge is 2.62. The minimum atomic E-state index is -1.15. The first-order valence-electron chi connectivity index (χ1n) is 10.7. The molecular formula is C27H22Cl2N2O3. The number of nitrogens with zero attached hydrogens (tertiary/aromatic N) is 2. The first-order chi connectivity index (χ1) is 16.3. The topological polar surface area (TPSA) is 72.2 Å². The van der Waals surface area contributed by atoms with E-state index in [1.807, 2.05) is 56.3 Å². The lowest BCUT2D eigenvalue weighted by Crippen LogP contribution is -2.15. The first-order valence-corrected chi connectivity index (χ1v) is 11.5. The van der Waals surface area contributed by atoms with Gasteiger partial charge in [0, 0.05) is 16.1 Å². The maximum Gasteiger partial charge on any atom is 0.311 e. The Bertz CT molecular complexity index is 1250. The predicted molar refractivity (Wildman–Crippen MR) is 131 cm³/mol. The number of aromatic nitrogens is 1. The van der Waals surface area contributed by atoms with Crippen LogP contribution in [0.15, 0.2) is 78.9 Å².